The zero-order chi connectivity index (χ0) is 28.2. The molecule has 1 heterocycles. The van der Waals surface area contributed by atoms with E-state index < -0.39 is 6.03 Å². The highest BCUT2D eigenvalue weighted by Gasteiger charge is 2.22. The van der Waals surface area contributed by atoms with Gasteiger partial charge in [0.15, 0.2) is 0 Å². The quantitative estimate of drug-likeness (QED) is 0.283. The second-order valence-electron chi connectivity index (χ2n) is 9.62. The minimum absolute atomic E-state index is 0.173. The zero-order valence-electron chi connectivity index (χ0n) is 23.3. The molecule has 9 heteroatoms. The summed E-state index contributed by atoms with van der Waals surface area (Å²) < 4.78 is 10.6. The van der Waals surface area contributed by atoms with E-state index in [0.29, 0.717) is 36.7 Å². The number of piperazine rings is 1. The standard InChI is InChI=1S/C31H39N5O4/c1-3-40-27-13-10-25(11-14-27)33-31(38)34-26-12-15-29(28(22-26)30(37)32-16-7-21-39-2)36-19-17-35(18-20-36)23-24-8-5-4-6-9-24/h4-6,8-15,22H,3,7,16-21,23H2,1-2H3,(H,32,37)(H2,33,34,38). The maximum Gasteiger partial charge on any atom is 0.323 e. The van der Waals surface area contributed by atoms with Crippen LogP contribution in [0.4, 0.5) is 21.9 Å². The number of nitrogens with one attached hydrogen (secondary N) is 3. The molecule has 1 aliphatic rings. The number of methoxy groups -OCH3 is 1. The van der Waals surface area contributed by atoms with E-state index in [4.69, 9.17) is 9.47 Å². The van der Waals surface area contributed by atoms with Crippen molar-refractivity contribution in [2.45, 2.75) is 19.9 Å². The van der Waals surface area contributed by atoms with Crippen molar-refractivity contribution in [1.29, 1.82) is 0 Å². The summed E-state index contributed by atoms with van der Waals surface area (Å²) in [7, 11) is 1.64. The van der Waals surface area contributed by atoms with Crippen molar-refractivity contribution in [1.82, 2.24) is 10.2 Å². The Bertz CT molecular complexity index is 1230. The Morgan fingerprint density at radius 3 is 2.27 bits per heavy atom. The second-order valence-corrected chi connectivity index (χ2v) is 9.62. The monoisotopic (exact) mass is 545 g/mol. The fraction of sp³-hybridized carbons (Fsp3) is 0.355. The van der Waals surface area contributed by atoms with Gasteiger partial charge in [-0.2, -0.15) is 0 Å². The molecule has 40 heavy (non-hydrogen) atoms. The van der Waals surface area contributed by atoms with Gasteiger partial charge in [0.25, 0.3) is 5.91 Å². The number of amides is 3. The molecule has 3 N–H and O–H groups in total. The molecule has 212 valence electrons. The number of anilines is 3. The SMILES string of the molecule is CCOc1ccc(NC(=O)Nc2ccc(N3CCN(Cc4ccccc4)CC3)c(C(=O)NCCCOC)c2)cc1. The number of hydrogen-bond acceptors (Lipinski definition) is 6. The third-order valence-corrected chi connectivity index (χ3v) is 6.70. The Morgan fingerprint density at radius 2 is 1.57 bits per heavy atom. The molecule has 9 nitrogen and oxygen atoms in total. The Labute approximate surface area is 236 Å². The van der Waals surface area contributed by atoms with Gasteiger partial charge in [-0.1, -0.05) is 30.3 Å². The van der Waals surface area contributed by atoms with Gasteiger partial charge in [-0.25, -0.2) is 4.79 Å². The Morgan fingerprint density at radius 1 is 0.875 bits per heavy atom. The van der Waals surface area contributed by atoms with E-state index in [-0.39, 0.29) is 5.91 Å². The fourth-order valence-electron chi connectivity index (χ4n) is 4.67. The number of carbonyl (C=O) groups excluding carboxylic acids is 2. The van der Waals surface area contributed by atoms with Gasteiger partial charge in [-0.3, -0.25) is 9.69 Å². The highest BCUT2D eigenvalue weighted by atomic mass is 16.5. The van der Waals surface area contributed by atoms with Crippen LogP contribution in [0.5, 0.6) is 5.75 Å². The van der Waals surface area contributed by atoms with E-state index in [1.807, 2.05) is 25.1 Å². The normalized spacial score (nSPS) is 13.5. The van der Waals surface area contributed by atoms with Gasteiger partial charge in [0.2, 0.25) is 0 Å². The molecule has 3 aromatic rings. The van der Waals surface area contributed by atoms with Crippen molar-refractivity contribution >= 4 is 29.0 Å². The minimum atomic E-state index is -0.391. The largest absolute Gasteiger partial charge is 0.494 e. The lowest BCUT2D eigenvalue weighted by atomic mass is 10.1. The summed E-state index contributed by atoms with van der Waals surface area (Å²) in [6.07, 6.45) is 0.720. The first-order valence-electron chi connectivity index (χ1n) is 13.8. The van der Waals surface area contributed by atoms with E-state index in [1.54, 1.807) is 37.4 Å². The topological polar surface area (TPSA) is 95.2 Å². The van der Waals surface area contributed by atoms with Crippen LogP contribution in [0.15, 0.2) is 72.8 Å². The van der Waals surface area contributed by atoms with Crippen molar-refractivity contribution < 1.29 is 19.1 Å². The Balaban J connectivity index is 1.43. The van der Waals surface area contributed by atoms with E-state index in [1.165, 1.54) is 5.56 Å². The maximum atomic E-state index is 13.3. The predicted octanol–water partition coefficient (Wildman–Crippen LogP) is 4.82. The van der Waals surface area contributed by atoms with Crippen LogP contribution in [0.3, 0.4) is 0 Å². The van der Waals surface area contributed by atoms with Crippen LogP contribution < -0.4 is 25.6 Å². The highest BCUT2D eigenvalue weighted by molar-refractivity contribution is 6.04. The number of carbonyl (C=O) groups is 2. The number of nitrogens with zero attached hydrogens (tertiary/aromatic N) is 2. The lowest BCUT2D eigenvalue weighted by molar-refractivity contribution is 0.0949. The molecule has 0 unspecified atom stereocenters. The number of rotatable bonds is 12. The Kier molecular flexibility index (Phi) is 10.8. The molecule has 0 radical (unpaired) electrons. The van der Waals surface area contributed by atoms with Crippen LogP contribution in [0.1, 0.15) is 29.3 Å². The summed E-state index contributed by atoms with van der Waals surface area (Å²) in [6, 6.07) is 22.8. The minimum Gasteiger partial charge on any atom is -0.494 e. The molecule has 1 saturated heterocycles. The molecule has 0 aliphatic carbocycles. The number of ether oxygens (including phenoxy) is 2. The van der Waals surface area contributed by atoms with Crippen molar-refractivity contribution in [2.75, 3.05) is 68.6 Å². The van der Waals surface area contributed by atoms with Crippen LogP contribution in [-0.2, 0) is 11.3 Å². The molecule has 0 atom stereocenters. The third-order valence-electron chi connectivity index (χ3n) is 6.70. The Hall–Kier alpha value is -4.08. The highest BCUT2D eigenvalue weighted by Crippen LogP contribution is 2.26. The van der Waals surface area contributed by atoms with Crippen molar-refractivity contribution in [3.8, 4) is 5.75 Å². The zero-order valence-corrected chi connectivity index (χ0v) is 23.3. The first-order valence-corrected chi connectivity index (χ1v) is 13.8. The van der Waals surface area contributed by atoms with Gasteiger partial charge in [0, 0.05) is 70.0 Å². The van der Waals surface area contributed by atoms with E-state index in [2.05, 4.69) is 50.0 Å². The van der Waals surface area contributed by atoms with E-state index in [0.717, 1.165) is 50.6 Å². The molecule has 0 bridgehead atoms. The van der Waals surface area contributed by atoms with Crippen LogP contribution in [-0.4, -0.2) is 69.9 Å². The summed E-state index contributed by atoms with van der Waals surface area (Å²) in [5.41, 5.74) is 3.87. The number of urea groups is 1. The molecular formula is C31H39N5O4. The van der Waals surface area contributed by atoms with Gasteiger partial charge in [0.05, 0.1) is 12.2 Å². The molecule has 0 aromatic heterocycles. The van der Waals surface area contributed by atoms with Gasteiger partial charge >= 0.3 is 6.03 Å². The second kappa shape index (κ2) is 14.9. The number of benzene rings is 3. The summed E-state index contributed by atoms with van der Waals surface area (Å²) >= 11 is 0. The summed E-state index contributed by atoms with van der Waals surface area (Å²) in [5.74, 6) is 0.569. The van der Waals surface area contributed by atoms with Crippen LogP contribution >= 0.6 is 0 Å². The predicted molar refractivity (Wildman–Crippen MR) is 159 cm³/mol. The van der Waals surface area contributed by atoms with Crippen molar-refractivity contribution in [2.24, 2.45) is 0 Å². The molecular weight excluding hydrogens is 506 g/mol. The molecule has 4 rings (SSSR count). The molecule has 0 saturated carbocycles. The van der Waals surface area contributed by atoms with Gasteiger partial charge < -0.3 is 30.3 Å². The number of hydrogen-bond donors (Lipinski definition) is 3. The molecule has 1 aliphatic heterocycles. The molecule has 3 aromatic carbocycles. The smallest absolute Gasteiger partial charge is 0.323 e. The third kappa shape index (κ3) is 8.46. The average molecular weight is 546 g/mol. The molecule has 1 fully saturated rings. The maximum absolute atomic E-state index is 13.3. The average Bonchev–Trinajstić information content (AvgIpc) is 2.97. The fourth-order valence-corrected chi connectivity index (χ4v) is 4.67. The van der Waals surface area contributed by atoms with Crippen molar-refractivity contribution in [3.05, 3.63) is 83.9 Å². The van der Waals surface area contributed by atoms with Gasteiger partial charge in [-0.15, -0.1) is 0 Å². The molecule has 3 amide bonds. The van der Waals surface area contributed by atoms with Crippen LogP contribution in [0.25, 0.3) is 0 Å². The van der Waals surface area contributed by atoms with E-state index >= 15 is 0 Å². The van der Waals surface area contributed by atoms with Crippen LogP contribution in [0, 0.1) is 0 Å². The van der Waals surface area contributed by atoms with Gasteiger partial charge in [0.1, 0.15) is 5.75 Å². The summed E-state index contributed by atoms with van der Waals surface area (Å²) in [4.78, 5) is 30.6. The lowest BCUT2D eigenvalue weighted by Gasteiger charge is -2.37. The van der Waals surface area contributed by atoms with Crippen LogP contribution in [0.2, 0.25) is 0 Å². The summed E-state index contributed by atoms with van der Waals surface area (Å²) in [5, 5.41) is 8.68. The van der Waals surface area contributed by atoms with Crippen molar-refractivity contribution in [3.63, 3.8) is 0 Å². The first kappa shape index (κ1) is 28.9. The summed E-state index contributed by atoms with van der Waals surface area (Å²) in [6.45, 7) is 7.90. The molecule has 0 spiro atoms. The van der Waals surface area contributed by atoms with Gasteiger partial charge in [-0.05, 0) is 61.4 Å². The lowest BCUT2D eigenvalue weighted by Crippen LogP contribution is -2.46. The van der Waals surface area contributed by atoms with E-state index in [9.17, 15) is 9.59 Å². The first-order chi connectivity index (χ1) is 19.6.